The minimum absolute atomic E-state index is 0.230. The molecule has 6 amide bonds. The van der Waals surface area contributed by atoms with Crippen molar-refractivity contribution in [3.63, 3.8) is 0 Å². The number of carbonyl (C=O) groups is 5. The molecule has 154 valence electrons. The van der Waals surface area contributed by atoms with Gasteiger partial charge in [0.2, 0.25) is 0 Å². The van der Waals surface area contributed by atoms with E-state index in [1.54, 1.807) is 0 Å². The second-order valence-corrected chi connectivity index (χ2v) is 6.99. The largest absolute Gasteiger partial charge is 0.454 e. The Morgan fingerprint density at radius 3 is 2.48 bits per heavy atom. The van der Waals surface area contributed by atoms with E-state index >= 15 is 0 Å². The summed E-state index contributed by atoms with van der Waals surface area (Å²) < 4.78 is 4.77. The highest BCUT2D eigenvalue weighted by Gasteiger charge is 2.52. The van der Waals surface area contributed by atoms with Gasteiger partial charge in [0.15, 0.2) is 6.61 Å². The van der Waals surface area contributed by atoms with E-state index in [1.165, 1.54) is 0 Å². The summed E-state index contributed by atoms with van der Waals surface area (Å²) in [5.74, 6) is -2.18. The summed E-state index contributed by atoms with van der Waals surface area (Å²) >= 11 is 0. The molecule has 1 saturated carbocycles. The second kappa shape index (κ2) is 8.72. The van der Waals surface area contributed by atoms with E-state index in [0.717, 1.165) is 23.3 Å². The molecule has 1 aromatic carbocycles. The number of nitrogens with zero attached hydrogens (tertiary/aromatic N) is 1. The highest BCUT2D eigenvalue weighted by Crippen LogP contribution is 2.34. The number of benzene rings is 1. The van der Waals surface area contributed by atoms with Crippen LogP contribution >= 0.6 is 0 Å². The third-order valence-corrected chi connectivity index (χ3v) is 4.90. The van der Waals surface area contributed by atoms with E-state index in [4.69, 9.17) is 4.74 Å². The van der Waals surface area contributed by atoms with Crippen molar-refractivity contribution >= 4 is 29.8 Å². The predicted molar refractivity (Wildman–Crippen MR) is 99.2 cm³/mol. The molecule has 2 aliphatic rings. The van der Waals surface area contributed by atoms with Crippen LogP contribution in [0.2, 0.25) is 0 Å². The zero-order valence-corrected chi connectivity index (χ0v) is 15.7. The molecule has 3 rings (SSSR count). The van der Waals surface area contributed by atoms with E-state index in [0.29, 0.717) is 12.8 Å². The molecule has 1 heterocycles. The summed E-state index contributed by atoms with van der Waals surface area (Å²) in [5.41, 5.74) is -0.0545. The first-order valence-corrected chi connectivity index (χ1v) is 9.31. The smallest absolute Gasteiger partial charge is 0.326 e. The lowest BCUT2D eigenvalue weighted by atomic mass is 9.98. The van der Waals surface area contributed by atoms with Crippen LogP contribution in [0.1, 0.15) is 31.2 Å². The van der Waals surface area contributed by atoms with Crippen molar-refractivity contribution in [3.05, 3.63) is 35.9 Å². The molecule has 1 aromatic rings. The highest BCUT2D eigenvalue weighted by molar-refractivity contribution is 6.09. The molecular formula is C19H22N4O6. The molecule has 1 aliphatic heterocycles. The number of hydrogen-bond donors (Lipinski definition) is 3. The van der Waals surface area contributed by atoms with Gasteiger partial charge in [0.25, 0.3) is 11.8 Å². The first-order valence-electron chi connectivity index (χ1n) is 9.31. The van der Waals surface area contributed by atoms with Gasteiger partial charge in [-0.15, -0.1) is 0 Å². The zero-order valence-electron chi connectivity index (χ0n) is 15.7. The molecule has 10 nitrogen and oxygen atoms in total. The van der Waals surface area contributed by atoms with E-state index < -0.39 is 48.5 Å². The van der Waals surface area contributed by atoms with Gasteiger partial charge in [-0.3, -0.25) is 24.6 Å². The summed E-state index contributed by atoms with van der Waals surface area (Å²) in [6.07, 6.45) is 2.75. The van der Waals surface area contributed by atoms with Gasteiger partial charge in [0.05, 0.1) is 0 Å². The molecule has 1 aliphatic carbocycles. The Bertz CT molecular complexity index is 819. The minimum atomic E-state index is -0.914. The second-order valence-electron chi connectivity index (χ2n) is 6.99. The van der Waals surface area contributed by atoms with Crippen molar-refractivity contribution in [2.75, 3.05) is 13.2 Å². The normalized spacial score (nSPS) is 17.2. The Balaban J connectivity index is 1.39. The number of esters is 1. The van der Waals surface area contributed by atoms with Crippen molar-refractivity contribution in [3.8, 4) is 0 Å². The van der Waals surface area contributed by atoms with Crippen LogP contribution in [-0.2, 0) is 25.7 Å². The quantitative estimate of drug-likeness (QED) is 0.466. The fraction of sp³-hybridized carbons (Fsp3) is 0.421. The van der Waals surface area contributed by atoms with Gasteiger partial charge in [0, 0.05) is 6.54 Å². The maximum absolute atomic E-state index is 12.5. The Hall–Kier alpha value is -3.43. The van der Waals surface area contributed by atoms with Crippen LogP contribution in [0.3, 0.4) is 0 Å². The molecule has 3 N–H and O–H groups in total. The third-order valence-electron chi connectivity index (χ3n) is 4.90. The van der Waals surface area contributed by atoms with Crippen LogP contribution < -0.4 is 16.0 Å². The molecule has 0 aromatic heterocycles. The zero-order chi connectivity index (χ0) is 20.9. The van der Waals surface area contributed by atoms with E-state index in [9.17, 15) is 24.0 Å². The average Bonchev–Trinajstić information content (AvgIpc) is 3.26. The summed E-state index contributed by atoms with van der Waals surface area (Å²) in [7, 11) is 0. The number of imide groups is 2. The molecule has 0 unspecified atom stereocenters. The minimum Gasteiger partial charge on any atom is -0.454 e. The standard InChI is InChI=1S/C19H22N4O6/c24-14(21-17(27)20-10-13-6-2-1-3-7-13)12-29-15(25)11-23-16(26)19(22-18(23)28)8-4-5-9-19/h1-3,6-7H,4-5,8-12H2,(H,22,28)(H2,20,21,24,27). The fourth-order valence-corrected chi connectivity index (χ4v) is 3.44. The Morgan fingerprint density at radius 1 is 1.10 bits per heavy atom. The third kappa shape index (κ3) is 4.89. The Labute approximate surface area is 166 Å². The SMILES string of the molecule is O=C(COC(=O)CN1C(=O)NC2(CCCC2)C1=O)NC(=O)NCc1ccccc1. The van der Waals surface area contributed by atoms with Gasteiger partial charge in [-0.2, -0.15) is 0 Å². The van der Waals surface area contributed by atoms with Crippen LogP contribution in [0.25, 0.3) is 0 Å². The lowest BCUT2D eigenvalue weighted by Gasteiger charge is -2.19. The molecule has 1 saturated heterocycles. The molecule has 2 fully saturated rings. The number of urea groups is 2. The number of hydrogen-bond acceptors (Lipinski definition) is 6. The number of ether oxygens (including phenoxy) is 1. The highest BCUT2D eigenvalue weighted by atomic mass is 16.5. The van der Waals surface area contributed by atoms with Crippen LogP contribution in [0.4, 0.5) is 9.59 Å². The van der Waals surface area contributed by atoms with Crippen LogP contribution in [0, 0.1) is 0 Å². The number of rotatable bonds is 6. The molecule has 29 heavy (non-hydrogen) atoms. The maximum atomic E-state index is 12.5. The number of amides is 6. The Morgan fingerprint density at radius 2 is 1.79 bits per heavy atom. The van der Waals surface area contributed by atoms with Gasteiger partial charge in [0.1, 0.15) is 12.1 Å². The van der Waals surface area contributed by atoms with Crippen LogP contribution in [-0.4, -0.2) is 53.4 Å². The molecule has 0 bridgehead atoms. The first-order chi connectivity index (χ1) is 13.9. The summed E-state index contributed by atoms with van der Waals surface area (Å²) in [6, 6.07) is 7.74. The molecule has 0 radical (unpaired) electrons. The van der Waals surface area contributed by atoms with Crippen molar-refractivity contribution in [1.29, 1.82) is 0 Å². The molecule has 1 spiro atoms. The van der Waals surface area contributed by atoms with E-state index in [-0.39, 0.29) is 6.54 Å². The predicted octanol–water partition coefficient (Wildman–Crippen LogP) is 0.420. The van der Waals surface area contributed by atoms with Gasteiger partial charge in [-0.1, -0.05) is 43.2 Å². The molecular weight excluding hydrogens is 380 g/mol. The van der Waals surface area contributed by atoms with Gasteiger partial charge in [-0.05, 0) is 18.4 Å². The summed E-state index contributed by atoms with van der Waals surface area (Å²) in [6.45, 7) is -1.06. The summed E-state index contributed by atoms with van der Waals surface area (Å²) in [5, 5.41) is 7.18. The summed E-state index contributed by atoms with van der Waals surface area (Å²) in [4.78, 5) is 60.6. The first kappa shape index (κ1) is 20.3. The number of nitrogens with one attached hydrogen (secondary N) is 3. The van der Waals surface area contributed by atoms with Crippen LogP contribution in [0.15, 0.2) is 30.3 Å². The van der Waals surface area contributed by atoms with Gasteiger partial charge >= 0.3 is 18.0 Å². The topological polar surface area (TPSA) is 134 Å². The molecule has 10 heteroatoms. The fourth-order valence-electron chi connectivity index (χ4n) is 3.44. The maximum Gasteiger partial charge on any atom is 0.326 e. The lowest BCUT2D eigenvalue weighted by Crippen LogP contribution is -2.45. The average molecular weight is 402 g/mol. The van der Waals surface area contributed by atoms with Gasteiger partial charge < -0.3 is 15.4 Å². The molecule has 0 atom stereocenters. The van der Waals surface area contributed by atoms with Crippen LogP contribution in [0.5, 0.6) is 0 Å². The number of carbonyl (C=O) groups excluding carboxylic acids is 5. The van der Waals surface area contributed by atoms with E-state index in [1.807, 2.05) is 35.6 Å². The Kier molecular flexibility index (Phi) is 6.10. The van der Waals surface area contributed by atoms with Crippen molar-refractivity contribution in [1.82, 2.24) is 20.9 Å². The van der Waals surface area contributed by atoms with Crippen molar-refractivity contribution in [2.45, 2.75) is 37.8 Å². The van der Waals surface area contributed by atoms with E-state index in [2.05, 4.69) is 10.6 Å². The van der Waals surface area contributed by atoms with Crippen molar-refractivity contribution < 1.29 is 28.7 Å². The van der Waals surface area contributed by atoms with Crippen molar-refractivity contribution in [2.24, 2.45) is 0 Å². The lowest BCUT2D eigenvalue weighted by molar-refractivity contribution is -0.150. The van der Waals surface area contributed by atoms with Gasteiger partial charge in [-0.25, -0.2) is 9.59 Å². The monoisotopic (exact) mass is 402 g/mol.